The van der Waals surface area contributed by atoms with Crippen molar-refractivity contribution in [1.29, 1.82) is 0 Å². The quantitative estimate of drug-likeness (QED) is 0.756. The van der Waals surface area contributed by atoms with Gasteiger partial charge >= 0.3 is 0 Å². The van der Waals surface area contributed by atoms with Crippen molar-refractivity contribution in [1.82, 2.24) is 0 Å². The molecule has 0 unspecified atom stereocenters. The molecule has 5 heteroatoms. The highest BCUT2D eigenvalue weighted by molar-refractivity contribution is 7.62. The third kappa shape index (κ3) is 2.76. The van der Waals surface area contributed by atoms with Gasteiger partial charge in [0.1, 0.15) is 8.48 Å². The second-order valence-electron chi connectivity index (χ2n) is 4.95. The summed E-state index contributed by atoms with van der Waals surface area (Å²) in [5, 5.41) is 6.37. The van der Waals surface area contributed by atoms with Crippen LogP contribution in [0, 0.1) is 0 Å². The zero-order valence-electron chi connectivity index (χ0n) is 10.1. The first-order valence-electron chi connectivity index (χ1n) is 4.84. The van der Waals surface area contributed by atoms with E-state index in [1.165, 1.54) is 0 Å². The average Bonchev–Trinajstić information content (AvgIpc) is 2.02. The maximum atomic E-state index is 6.37. The molecule has 2 N–H and O–H groups in total. The van der Waals surface area contributed by atoms with Crippen LogP contribution in [-0.4, -0.2) is 30.5 Å². The minimum Gasteiger partial charge on any atom is -0.423 e. The summed E-state index contributed by atoms with van der Waals surface area (Å²) in [6.07, 6.45) is 0. The fourth-order valence-electron chi connectivity index (χ4n) is 1.32. The first kappa shape index (κ1) is 13.6. The molecule has 0 aliphatic rings. The maximum absolute atomic E-state index is 6.37. The van der Waals surface area contributed by atoms with Gasteiger partial charge in [-0.25, -0.2) is 0 Å². The van der Waals surface area contributed by atoms with Crippen molar-refractivity contribution in [3.63, 3.8) is 0 Å². The largest absolute Gasteiger partial charge is 0.423 e. The lowest BCUT2D eigenvalue weighted by Crippen LogP contribution is -2.70. The summed E-state index contributed by atoms with van der Waals surface area (Å²) < 4.78 is 5.72. The lowest BCUT2D eigenvalue weighted by molar-refractivity contribution is 0.420. The standard InChI is InChI=1S/C8H24NOSi3/c1-8(2)11(9)13(6,7)12(4,5)10-3/h8H,9H2,1-7H3. The molecule has 0 aromatic rings. The van der Waals surface area contributed by atoms with Gasteiger partial charge in [0.2, 0.25) is 0 Å². The Morgan fingerprint density at radius 1 is 1.15 bits per heavy atom. The van der Waals surface area contributed by atoms with Crippen molar-refractivity contribution in [2.24, 2.45) is 5.40 Å². The van der Waals surface area contributed by atoms with Crippen LogP contribution in [-0.2, 0) is 4.43 Å². The van der Waals surface area contributed by atoms with E-state index >= 15 is 0 Å². The summed E-state index contributed by atoms with van der Waals surface area (Å²) >= 11 is 0. The van der Waals surface area contributed by atoms with Crippen LogP contribution in [0.5, 0.6) is 0 Å². The van der Waals surface area contributed by atoms with Crippen LogP contribution < -0.4 is 5.40 Å². The van der Waals surface area contributed by atoms with E-state index in [-0.39, 0.29) is 0 Å². The molecule has 0 fully saturated rings. The lowest BCUT2D eigenvalue weighted by atomic mass is 10.6. The lowest BCUT2D eigenvalue weighted by Gasteiger charge is -2.41. The Labute approximate surface area is 86.3 Å². The van der Waals surface area contributed by atoms with Gasteiger partial charge in [-0.05, 0) is 18.6 Å². The van der Waals surface area contributed by atoms with Gasteiger partial charge in [-0.2, -0.15) is 0 Å². The molecule has 0 saturated carbocycles. The van der Waals surface area contributed by atoms with Gasteiger partial charge in [0.05, 0.1) is 7.11 Å². The van der Waals surface area contributed by atoms with Crippen LogP contribution in [0.1, 0.15) is 13.8 Å². The van der Waals surface area contributed by atoms with Crippen molar-refractivity contribution >= 4 is 23.4 Å². The smallest absolute Gasteiger partial charge is 0.172 e. The van der Waals surface area contributed by atoms with Crippen molar-refractivity contribution < 1.29 is 4.43 Å². The van der Waals surface area contributed by atoms with Crippen LogP contribution in [0.3, 0.4) is 0 Å². The van der Waals surface area contributed by atoms with Gasteiger partial charge in [-0.15, -0.1) is 0 Å². The van der Waals surface area contributed by atoms with Gasteiger partial charge in [-0.1, -0.05) is 26.9 Å². The predicted molar refractivity (Wildman–Crippen MR) is 67.0 cm³/mol. The fraction of sp³-hybridized carbons (Fsp3) is 1.00. The predicted octanol–water partition coefficient (Wildman–Crippen LogP) is 2.06. The first-order valence-corrected chi connectivity index (χ1v) is 14.4. The van der Waals surface area contributed by atoms with E-state index in [2.05, 4.69) is 40.0 Å². The zero-order valence-corrected chi connectivity index (χ0v) is 13.1. The molecule has 0 amide bonds. The molecule has 0 aliphatic heterocycles. The summed E-state index contributed by atoms with van der Waals surface area (Å²) in [6.45, 7) is 14.0. The Morgan fingerprint density at radius 2 is 1.54 bits per heavy atom. The summed E-state index contributed by atoms with van der Waals surface area (Å²) in [6, 6.07) is 0. The van der Waals surface area contributed by atoms with Crippen molar-refractivity contribution in [2.75, 3.05) is 7.11 Å². The summed E-state index contributed by atoms with van der Waals surface area (Å²) in [4.78, 5) is 0. The second-order valence-corrected chi connectivity index (χ2v) is 28.0. The first-order chi connectivity index (χ1) is 5.66. The molecule has 2 nitrogen and oxygen atoms in total. The molecular weight excluding hydrogens is 210 g/mol. The molecule has 1 radical (unpaired) electrons. The molecule has 0 rings (SSSR count). The maximum Gasteiger partial charge on any atom is 0.172 e. The van der Waals surface area contributed by atoms with Gasteiger partial charge in [0.15, 0.2) is 7.83 Å². The molecular formula is C8H24NOSi3. The van der Waals surface area contributed by atoms with Crippen LogP contribution in [0.15, 0.2) is 0 Å². The van der Waals surface area contributed by atoms with Crippen molar-refractivity contribution in [3.05, 3.63) is 0 Å². The zero-order chi connectivity index (χ0) is 10.9. The van der Waals surface area contributed by atoms with E-state index in [1.807, 2.05) is 7.11 Å². The molecule has 79 valence electrons. The van der Waals surface area contributed by atoms with E-state index in [1.54, 1.807) is 0 Å². The van der Waals surface area contributed by atoms with Crippen LogP contribution >= 0.6 is 0 Å². The van der Waals surface area contributed by atoms with Crippen molar-refractivity contribution in [2.45, 2.75) is 45.6 Å². The van der Waals surface area contributed by atoms with Gasteiger partial charge < -0.3 is 9.83 Å². The van der Waals surface area contributed by atoms with Gasteiger partial charge in [0.25, 0.3) is 0 Å². The Kier molecular flexibility index (Phi) is 4.59. The van der Waals surface area contributed by atoms with Gasteiger partial charge in [-0.3, -0.25) is 0 Å². The molecule has 0 aliphatic carbocycles. The third-order valence-corrected chi connectivity index (χ3v) is 33.8. The fourth-order valence-corrected chi connectivity index (χ4v) is 21.7. The summed E-state index contributed by atoms with van der Waals surface area (Å²) in [5.74, 6) is 0. The van der Waals surface area contributed by atoms with Crippen LogP contribution in [0.25, 0.3) is 0 Å². The van der Waals surface area contributed by atoms with E-state index in [9.17, 15) is 0 Å². The molecule has 0 saturated heterocycles. The number of hydrogen-bond donors (Lipinski definition) is 1. The number of hydrogen-bond acceptors (Lipinski definition) is 2. The normalized spacial score (nSPS) is 14.3. The molecule has 13 heavy (non-hydrogen) atoms. The Balaban J connectivity index is 4.74. The summed E-state index contributed by atoms with van der Waals surface area (Å²) in [5.41, 5.74) is 0.675. The summed E-state index contributed by atoms with van der Waals surface area (Å²) in [7, 11) is -1.59. The SMILES string of the molecule is CO[Si](C)(C)[Si](C)(C)[Si](N)C(C)C. The average molecular weight is 235 g/mol. The molecule has 0 aromatic carbocycles. The highest BCUT2D eigenvalue weighted by atomic mass is 29.6. The molecule has 0 heterocycles. The Morgan fingerprint density at radius 3 is 1.77 bits per heavy atom. The van der Waals surface area contributed by atoms with E-state index in [0.717, 1.165) is 0 Å². The second kappa shape index (κ2) is 4.39. The molecule has 0 atom stereocenters. The van der Waals surface area contributed by atoms with Crippen molar-refractivity contribution in [3.8, 4) is 0 Å². The minimum absolute atomic E-state index is 0.675. The molecule has 0 aromatic heterocycles. The molecule has 0 bridgehead atoms. The highest BCUT2D eigenvalue weighted by Gasteiger charge is 2.48. The monoisotopic (exact) mass is 234 g/mol. The van der Waals surface area contributed by atoms with E-state index < -0.39 is 23.4 Å². The molecule has 0 spiro atoms. The highest BCUT2D eigenvalue weighted by Crippen LogP contribution is 2.25. The number of rotatable bonds is 4. The van der Waals surface area contributed by atoms with E-state index in [0.29, 0.717) is 5.54 Å². The topological polar surface area (TPSA) is 35.2 Å². The van der Waals surface area contributed by atoms with E-state index in [4.69, 9.17) is 9.83 Å². The Hall–Kier alpha value is 0.571. The van der Waals surface area contributed by atoms with Crippen LogP contribution in [0.2, 0.25) is 31.7 Å². The Bertz CT molecular complexity index is 171. The third-order valence-electron chi connectivity index (χ3n) is 3.36. The van der Waals surface area contributed by atoms with Gasteiger partial charge in [0, 0.05) is 7.11 Å². The van der Waals surface area contributed by atoms with Crippen LogP contribution in [0.4, 0.5) is 0 Å². The number of nitrogens with two attached hydrogens (primary N) is 1. The minimum atomic E-state index is -1.47.